The van der Waals surface area contributed by atoms with Gasteiger partial charge in [-0.05, 0) is 32.4 Å². The van der Waals surface area contributed by atoms with E-state index in [9.17, 15) is 4.79 Å². The van der Waals surface area contributed by atoms with Crippen molar-refractivity contribution in [2.45, 2.75) is 27.7 Å². The average Bonchev–Trinajstić information content (AvgIpc) is 2.73. The maximum atomic E-state index is 12.4. The highest BCUT2D eigenvalue weighted by atomic mass is 32.1. The van der Waals surface area contributed by atoms with Gasteiger partial charge in [-0.25, -0.2) is 0 Å². The summed E-state index contributed by atoms with van der Waals surface area (Å²) in [6.45, 7) is 8.79. The first kappa shape index (κ1) is 15.5. The van der Waals surface area contributed by atoms with Crippen LogP contribution >= 0.6 is 11.3 Å². The van der Waals surface area contributed by atoms with E-state index < -0.39 is 0 Å². The summed E-state index contributed by atoms with van der Waals surface area (Å²) in [5.41, 5.74) is 6.68. The van der Waals surface area contributed by atoms with Crippen molar-refractivity contribution < 1.29 is 10.0 Å². The molecule has 0 saturated carbocycles. The Bertz CT molecular complexity index is 463. The van der Waals surface area contributed by atoms with Crippen LogP contribution in [0.3, 0.4) is 0 Å². The topological polar surface area (TPSA) is 78.9 Å². The van der Waals surface area contributed by atoms with E-state index in [1.807, 2.05) is 33.8 Å². The number of nitrogens with zero attached hydrogens (tertiary/aromatic N) is 2. The fourth-order valence-corrected chi connectivity index (χ4v) is 2.71. The zero-order valence-electron chi connectivity index (χ0n) is 11.8. The molecule has 1 aromatic rings. The summed E-state index contributed by atoms with van der Waals surface area (Å²) >= 11 is 1.51. The molecule has 19 heavy (non-hydrogen) atoms. The number of carbonyl (C=O) groups excluding carboxylic acids is 1. The summed E-state index contributed by atoms with van der Waals surface area (Å²) in [4.78, 5) is 16.0. The summed E-state index contributed by atoms with van der Waals surface area (Å²) in [5, 5.41) is 11.6. The first-order valence-electron chi connectivity index (χ1n) is 6.24. The summed E-state index contributed by atoms with van der Waals surface area (Å²) in [5.74, 6) is -0.0258. The average molecular weight is 283 g/mol. The van der Waals surface area contributed by atoms with Gasteiger partial charge in [0, 0.05) is 23.9 Å². The smallest absolute Gasteiger partial charge is 0.263 e. The predicted octanol–water partition coefficient (Wildman–Crippen LogP) is 2.21. The fraction of sp³-hybridized carbons (Fsp3) is 0.538. The van der Waals surface area contributed by atoms with Crippen LogP contribution in [0.25, 0.3) is 0 Å². The summed E-state index contributed by atoms with van der Waals surface area (Å²) in [7, 11) is 0. The Morgan fingerprint density at radius 2 is 2.21 bits per heavy atom. The zero-order chi connectivity index (χ0) is 14.6. The molecule has 1 aromatic heterocycles. The van der Waals surface area contributed by atoms with E-state index in [2.05, 4.69) is 5.16 Å². The SMILES string of the molecule is CCN(CC(C)C(N)=NO)C(=O)c1cc(C)c(C)s1. The van der Waals surface area contributed by atoms with Crippen LogP contribution < -0.4 is 5.73 Å². The molecule has 1 heterocycles. The van der Waals surface area contributed by atoms with Crippen LogP contribution in [0.15, 0.2) is 11.2 Å². The van der Waals surface area contributed by atoms with E-state index in [-0.39, 0.29) is 17.7 Å². The van der Waals surface area contributed by atoms with Gasteiger partial charge in [0.25, 0.3) is 5.91 Å². The summed E-state index contributed by atoms with van der Waals surface area (Å²) < 4.78 is 0. The lowest BCUT2D eigenvalue weighted by molar-refractivity contribution is 0.0758. The standard InChI is InChI=1S/C13H21N3O2S/c1-5-16(7-9(3)12(14)15-18)13(17)11-6-8(2)10(4)19-11/h6,9,18H,5,7H2,1-4H3,(H2,14,15). The quantitative estimate of drug-likeness (QED) is 0.376. The van der Waals surface area contributed by atoms with Crippen LogP contribution in [0.4, 0.5) is 0 Å². The number of thiophene rings is 1. The molecule has 0 aliphatic carbocycles. The molecular formula is C13H21N3O2S. The number of aryl methyl sites for hydroxylation is 2. The molecule has 6 heteroatoms. The molecule has 1 rings (SSSR count). The molecule has 0 bridgehead atoms. The zero-order valence-corrected chi connectivity index (χ0v) is 12.6. The number of amides is 1. The van der Waals surface area contributed by atoms with Crippen molar-refractivity contribution in [3.63, 3.8) is 0 Å². The number of hydrogen-bond donors (Lipinski definition) is 2. The van der Waals surface area contributed by atoms with Crippen LogP contribution in [0.2, 0.25) is 0 Å². The monoisotopic (exact) mass is 283 g/mol. The third-order valence-corrected chi connectivity index (χ3v) is 4.30. The van der Waals surface area contributed by atoms with Crippen molar-refractivity contribution >= 4 is 23.1 Å². The largest absolute Gasteiger partial charge is 0.409 e. The lowest BCUT2D eigenvalue weighted by Gasteiger charge is -2.23. The number of amidine groups is 1. The minimum atomic E-state index is -0.170. The predicted molar refractivity (Wildman–Crippen MR) is 77.9 cm³/mol. The van der Waals surface area contributed by atoms with Gasteiger partial charge in [0.2, 0.25) is 0 Å². The molecule has 3 N–H and O–H groups in total. The molecule has 0 aliphatic heterocycles. The number of hydrogen-bond acceptors (Lipinski definition) is 4. The number of oxime groups is 1. The highest BCUT2D eigenvalue weighted by Gasteiger charge is 2.20. The number of nitrogens with two attached hydrogens (primary N) is 1. The Morgan fingerprint density at radius 3 is 2.63 bits per heavy atom. The van der Waals surface area contributed by atoms with Gasteiger partial charge < -0.3 is 15.8 Å². The molecule has 106 valence electrons. The van der Waals surface area contributed by atoms with E-state index in [4.69, 9.17) is 10.9 Å². The molecule has 0 aromatic carbocycles. The first-order valence-corrected chi connectivity index (χ1v) is 7.06. The highest BCUT2D eigenvalue weighted by molar-refractivity contribution is 7.14. The van der Waals surface area contributed by atoms with Gasteiger partial charge in [0.15, 0.2) is 0 Å². The normalized spacial score (nSPS) is 13.4. The van der Waals surface area contributed by atoms with Gasteiger partial charge in [-0.2, -0.15) is 0 Å². The Kier molecular flexibility index (Phi) is 5.35. The highest BCUT2D eigenvalue weighted by Crippen LogP contribution is 2.22. The van der Waals surface area contributed by atoms with Crippen molar-refractivity contribution in [1.82, 2.24) is 4.90 Å². The van der Waals surface area contributed by atoms with E-state index in [0.29, 0.717) is 13.1 Å². The van der Waals surface area contributed by atoms with Crippen LogP contribution in [0.1, 0.15) is 34.0 Å². The fourth-order valence-electron chi connectivity index (χ4n) is 1.71. The van der Waals surface area contributed by atoms with Gasteiger partial charge in [0.05, 0.1) is 4.88 Å². The molecule has 5 nitrogen and oxygen atoms in total. The van der Waals surface area contributed by atoms with Crippen LogP contribution in [-0.2, 0) is 0 Å². The molecule has 1 unspecified atom stereocenters. The lowest BCUT2D eigenvalue weighted by atomic mass is 10.1. The second-order valence-corrected chi connectivity index (χ2v) is 5.88. The lowest BCUT2D eigenvalue weighted by Crippen LogP contribution is -2.38. The molecular weight excluding hydrogens is 262 g/mol. The van der Waals surface area contributed by atoms with Crippen molar-refractivity contribution in [3.8, 4) is 0 Å². The molecule has 0 aliphatic rings. The summed E-state index contributed by atoms with van der Waals surface area (Å²) in [6, 6.07) is 1.92. The maximum Gasteiger partial charge on any atom is 0.263 e. The second kappa shape index (κ2) is 6.56. The van der Waals surface area contributed by atoms with Crippen LogP contribution in [0.5, 0.6) is 0 Å². The van der Waals surface area contributed by atoms with Crippen LogP contribution in [0, 0.1) is 19.8 Å². The number of rotatable bonds is 5. The third-order valence-electron chi connectivity index (χ3n) is 3.16. The Balaban J connectivity index is 2.83. The molecule has 1 amide bonds. The van der Waals surface area contributed by atoms with Crippen LogP contribution in [-0.4, -0.2) is 34.9 Å². The third kappa shape index (κ3) is 3.70. The van der Waals surface area contributed by atoms with E-state index in [1.165, 1.54) is 11.3 Å². The van der Waals surface area contributed by atoms with Crippen molar-refractivity contribution in [2.24, 2.45) is 16.8 Å². The van der Waals surface area contributed by atoms with Gasteiger partial charge in [-0.15, -0.1) is 11.3 Å². The second-order valence-electron chi connectivity index (χ2n) is 4.62. The minimum Gasteiger partial charge on any atom is -0.409 e. The van der Waals surface area contributed by atoms with Gasteiger partial charge >= 0.3 is 0 Å². The van der Waals surface area contributed by atoms with E-state index in [0.717, 1.165) is 15.3 Å². The van der Waals surface area contributed by atoms with E-state index >= 15 is 0 Å². The summed E-state index contributed by atoms with van der Waals surface area (Å²) in [6.07, 6.45) is 0. The number of carbonyl (C=O) groups is 1. The molecule has 0 spiro atoms. The Morgan fingerprint density at radius 1 is 1.58 bits per heavy atom. The van der Waals surface area contributed by atoms with Crippen molar-refractivity contribution in [2.75, 3.05) is 13.1 Å². The first-order chi connectivity index (χ1) is 8.90. The molecule has 0 saturated heterocycles. The molecule has 0 radical (unpaired) electrons. The molecule has 1 atom stereocenters. The van der Waals surface area contributed by atoms with Gasteiger partial charge in [-0.3, -0.25) is 4.79 Å². The van der Waals surface area contributed by atoms with E-state index in [1.54, 1.807) is 4.90 Å². The Hall–Kier alpha value is -1.56. The van der Waals surface area contributed by atoms with Crippen molar-refractivity contribution in [3.05, 3.63) is 21.4 Å². The van der Waals surface area contributed by atoms with Crippen molar-refractivity contribution in [1.29, 1.82) is 0 Å². The Labute approximate surface area is 117 Å². The van der Waals surface area contributed by atoms with Gasteiger partial charge in [-0.1, -0.05) is 12.1 Å². The molecule has 0 fully saturated rings. The minimum absolute atomic E-state index is 0.00119. The maximum absolute atomic E-state index is 12.4. The van der Waals surface area contributed by atoms with Gasteiger partial charge in [0.1, 0.15) is 5.84 Å².